The number of rotatable bonds is 4. The number of halogens is 2. The summed E-state index contributed by atoms with van der Waals surface area (Å²) in [5.74, 6) is 0. The monoisotopic (exact) mass is 185 g/mol. The van der Waals surface area contributed by atoms with Gasteiger partial charge in [-0.1, -0.05) is 24.3 Å². The quantitative estimate of drug-likeness (QED) is 0.718. The van der Waals surface area contributed by atoms with Gasteiger partial charge in [-0.3, -0.25) is 0 Å². The Morgan fingerprint density at radius 2 is 2.08 bits per heavy atom. The Kier molecular flexibility index (Phi) is 3.37. The van der Waals surface area contributed by atoms with Crippen LogP contribution in [0, 0.1) is 0 Å². The molecule has 0 saturated heterocycles. The highest BCUT2D eigenvalue weighted by Gasteiger charge is 2.11. The molecule has 0 aliphatic carbocycles. The fraction of sp³-hybridized carbons (Fsp3) is 0.222. The maximum Gasteiger partial charge on any atom is 0.417 e. The van der Waals surface area contributed by atoms with E-state index in [1.165, 1.54) is 24.7 Å². The lowest BCUT2D eigenvalue weighted by Gasteiger charge is -2.06. The van der Waals surface area contributed by atoms with Crippen LogP contribution in [0.4, 0.5) is 8.78 Å². The Morgan fingerprint density at radius 1 is 1.38 bits per heavy atom. The second-order valence-electron chi connectivity index (χ2n) is 2.37. The van der Waals surface area contributed by atoms with Crippen LogP contribution < -0.4 is 0 Å². The van der Waals surface area contributed by atoms with Gasteiger partial charge in [0.15, 0.2) is 0 Å². The van der Waals surface area contributed by atoms with Gasteiger partial charge in [0.05, 0.1) is 0 Å². The van der Waals surface area contributed by atoms with Gasteiger partial charge in [0, 0.05) is 5.56 Å². The molecule has 0 aliphatic rings. The SMILES string of the molecule is O=[C]OCc1ccccc1C(F)F. The summed E-state index contributed by atoms with van der Waals surface area (Å²) in [4.78, 5) is 9.72. The van der Waals surface area contributed by atoms with Crippen molar-refractivity contribution in [1.82, 2.24) is 0 Å². The molecule has 4 heteroatoms. The van der Waals surface area contributed by atoms with E-state index in [1.54, 1.807) is 6.07 Å². The molecule has 0 spiro atoms. The Morgan fingerprint density at radius 3 is 2.69 bits per heavy atom. The molecule has 1 radical (unpaired) electrons. The van der Waals surface area contributed by atoms with Crippen LogP contribution in [0.15, 0.2) is 24.3 Å². The first kappa shape index (κ1) is 9.64. The summed E-state index contributed by atoms with van der Waals surface area (Å²) in [6.07, 6.45) is -2.55. The van der Waals surface area contributed by atoms with Gasteiger partial charge in [0.2, 0.25) is 0 Å². The van der Waals surface area contributed by atoms with Gasteiger partial charge >= 0.3 is 6.47 Å². The first-order valence-corrected chi connectivity index (χ1v) is 3.60. The van der Waals surface area contributed by atoms with Gasteiger partial charge in [0.1, 0.15) is 6.61 Å². The summed E-state index contributed by atoms with van der Waals surface area (Å²) in [6, 6.07) is 5.90. The third-order valence-corrected chi connectivity index (χ3v) is 1.58. The van der Waals surface area contributed by atoms with E-state index in [9.17, 15) is 13.6 Å². The molecule has 0 unspecified atom stereocenters. The minimum Gasteiger partial charge on any atom is -0.452 e. The van der Waals surface area contributed by atoms with E-state index in [0.29, 0.717) is 5.56 Å². The molecule has 0 atom stereocenters. The van der Waals surface area contributed by atoms with Gasteiger partial charge in [-0.2, -0.15) is 0 Å². The molecule has 1 aromatic rings. The van der Waals surface area contributed by atoms with E-state index in [4.69, 9.17) is 0 Å². The van der Waals surface area contributed by atoms with Crippen molar-refractivity contribution in [3.63, 3.8) is 0 Å². The molecule has 0 N–H and O–H groups in total. The van der Waals surface area contributed by atoms with Crippen LogP contribution in [0.2, 0.25) is 0 Å². The number of hydrogen-bond acceptors (Lipinski definition) is 2. The van der Waals surface area contributed by atoms with E-state index < -0.39 is 6.43 Å². The molecule has 1 aromatic carbocycles. The molecule has 13 heavy (non-hydrogen) atoms. The van der Waals surface area contributed by atoms with Crippen molar-refractivity contribution in [3.05, 3.63) is 35.4 Å². The number of carbonyl (C=O) groups excluding carboxylic acids is 1. The molecule has 2 nitrogen and oxygen atoms in total. The number of benzene rings is 1. The first-order chi connectivity index (χ1) is 6.25. The van der Waals surface area contributed by atoms with Crippen LogP contribution in [-0.4, -0.2) is 6.47 Å². The molecule has 1 rings (SSSR count). The highest BCUT2D eigenvalue weighted by atomic mass is 19.3. The molecule has 0 amide bonds. The Bertz CT molecular complexity index is 287. The Hall–Kier alpha value is -1.45. The summed E-state index contributed by atoms with van der Waals surface area (Å²) in [5, 5.41) is 0. The summed E-state index contributed by atoms with van der Waals surface area (Å²) in [6.45, 7) is 1.02. The highest BCUT2D eigenvalue weighted by Crippen LogP contribution is 2.22. The van der Waals surface area contributed by atoms with Crippen molar-refractivity contribution >= 4 is 6.47 Å². The van der Waals surface area contributed by atoms with Crippen LogP contribution in [0.25, 0.3) is 0 Å². The highest BCUT2D eigenvalue weighted by molar-refractivity contribution is 5.39. The van der Waals surface area contributed by atoms with Crippen LogP contribution in [0.1, 0.15) is 17.6 Å². The van der Waals surface area contributed by atoms with Crippen molar-refractivity contribution in [3.8, 4) is 0 Å². The lowest BCUT2D eigenvalue weighted by atomic mass is 10.1. The number of alkyl halides is 2. The maximum atomic E-state index is 12.3. The second-order valence-corrected chi connectivity index (χ2v) is 2.37. The van der Waals surface area contributed by atoms with E-state index in [2.05, 4.69) is 4.74 Å². The van der Waals surface area contributed by atoms with E-state index >= 15 is 0 Å². The molecular formula is C9H7F2O2. The largest absolute Gasteiger partial charge is 0.452 e. The van der Waals surface area contributed by atoms with Crippen LogP contribution in [-0.2, 0) is 16.1 Å². The zero-order valence-corrected chi connectivity index (χ0v) is 6.67. The second kappa shape index (κ2) is 4.54. The van der Waals surface area contributed by atoms with Gasteiger partial charge in [-0.05, 0) is 5.56 Å². The summed E-state index contributed by atoms with van der Waals surface area (Å²) in [7, 11) is 0. The normalized spacial score (nSPS) is 10.1. The van der Waals surface area contributed by atoms with Gasteiger partial charge in [-0.15, -0.1) is 0 Å². The van der Waals surface area contributed by atoms with E-state index in [1.807, 2.05) is 0 Å². The summed E-state index contributed by atoms with van der Waals surface area (Å²) in [5.41, 5.74) is 0.193. The predicted molar refractivity (Wildman–Crippen MR) is 41.9 cm³/mol. The number of ether oxygens (including phenoxy) is 1. The topological polar surface area (TPSA) is 26.3 Å². The standard InChI is InChI=1S/C9H7F2O2/c10-9(11)8-4-2-1-3-7(8)5-13-6-12/h1-4,9H,5H2. The van der Waals surface area contributed by atoms with Crippen molar-refractivity contribution in [1.29, 1.82) is 0 Å². The van der Waals surface area contributed by atoms with Gasteiger partial charge in [0.25, 0.3) is 6.43 Å². The average molecular weight is 185 g/mol. The lowest BCUT2D eigenvalue weighted by molar-refractivity contribution is 0.147. The molecule has 0 bridgehead atoms. The fourth-order valence-corrected chi connectivity index (χ4v) is 0.986. The van der Waals surface area contributed by atoms with Crippen molar-refractivity contribution in [2.24, 2.45) is 0 Å². The Balaban J connectivity index is 2.84. The third kappa shape index (κ3) is 2.50. The van der Waals surface area contributed by atoms with Crippen molar-refractivity contribution in [2.75, 3.05) is 0 Å². The maximum absolute atomic E-state index is 12.3. The molecule has 0 aromatic heterocycles. The first-order valence-electron chi connectivity index (χ1n) is 3.60. The van der Waals surface area contributed by atoms with Crippen LogP contribution >= 0.6 is 0 Å². The predicted octanol–water partition coefficient (Wildman–Crippen LogP) is 2.21. The molecule has 0 fully saturated rings. The number of hydrogen-bond donors (Lipinski definition) is 0. The molecule has 0 aliphatic heterocycles. The summed E-state index contributed by atoms with van der Waals surface area (Å²) < 4.78 is 28.9. The zero-order valence-electron chi connectivity index (χ0n) is 6.67. The van der Waals surface area contributed by atoms with Gasteiger partial charge in [-0.25, -0.2) is 13.6 Å². The van der Waals surface area contributed by atoms with E-state index in [0.717, 1.165) is 0 Å². The zero-order chi connectivity index (χ0) is 9.68. The molecule has 69 valence electrons. The minimum absolute atomic E-state index is 0.113. The molecule has 0 heterocycles. The van der Waals surface area contributed by atoms with Gasteiger partial charge < -0.3 is 4.74 Å². The molecule has 0 saturated carbocycles. The molecular weight excluding hydrogens is 178 g/mol. The fourth-order valence-electron chi connectivity index (χ4n) is 0.986. The average Bonchev–Trinajstić information content (AvgIpc) is 2.15. The van der Waals surface area contributed by atoms with Crippen molar-refractivity contribution < 1.29 is 18.3 Å². The lowest BCUT2D eigenvalue weighted by Crippen LogP contribution is -1.96. The van der Waals surface area contributed by atoms with Crippen LogP contribution in [0.3, 0.4) is 0 Å². The third-order valence-electron chi connectivity index (χ3n) is 1.58. The van der Waals surface area contributed by atoms with E-state index in [-0.39, 0.29) is 12.2 Å². The summed E-state index contributed by atoms with van der Waals surface area (Å²) >= 11 is 0. The Labute approximate surface area is 74.1 Å². The minimum atomic E-state index is -2.55. The van der Waals surface area contributed by atoms with Crippen LogP contribution in [0.5, 0.6) is 0 Å². The van der Waals surface area contributed by atoms with Crippen molar-refractivity contribution in [2.45, 2.75) is 13.0 Å². The smallest absolute Gasteiger partial charge is 0.417 e.